The molecule has 1 saturated carbocycles. The Bertz CT molecular complexity index is 195. The van der Waals surface area contributed by atoms with Gasteiger partial charge in [0.25, 0.3) is 0 Å². The average molecular weight is 212 g/mol. The molecule has 0 amide bonds. The fourth-order valence-electron chi connectivity index (χ4n) is 3.22. The molecule has 0 radical (unpaired) electrons. The zero-order chi connectivity index (χ0) is 10.7. The second-order valence-electron chi connectivity index (χ2n) is 5.52. The minimum atomic E-state index is -0.132. The lowest BCUT2D eigenvalue weighted by Crippen LogP contribution is -2.37. The first-order chi connectivity index (χ1) is 7.20. The van der Waals surface area contributed by atoms with Crippen LogP contribution in [0.15, 0.2) is 0 Å². The maximum absolute atomic E-state index is 9.31. The van der Waals surface area contributed by atoms with Gasteiger partial charge in [0.1, 0.15) is 0 Å². The molecule has 88 valence electrons. The van der Waals surface area contributed by atoms with Crippen LogP contribution < -0.4 is 0 Å². The molecule has 2 unspecified atom stereocenters. The van der Waals surface area contributed by atoms with E-state index in [1.54, 1.807) is 0 Å². The molecule has 2 nitrogen and oxygen atoms in total. The normalized spacial score (nSPS) is 32.0. The van der Waals surface area contributed by atoms with Crippen LogP contribution in [0, 0.1) is 5.92 Å². The number of aliphatic hydroxyl groups excluding tert-OH is 1. The molecule has 2 fully saturated rings. The van der Waals surface area contributed by atoms with Gasteiger partial charge in [-0.1, -0.05) is 12.8 Å². The van der Waals surface area contributed by atoms with Gasteiger partial charge in [-0.25, -0.2) is 0 Å². The molecule has 0 aromatic heterocycles. The van der Waals surface area contributed by atoms with Crippen molar-refractivity contribution in [1.29, 1.82) is 0 Å². The summed E-state index contributed by atoms with van der Waals surface area (Å²) in [5.74, 6) is 0.798. The molecule has 2 heteroatoms. The van der Waals surface area contributed by atoms with Crippen molar-refractivity contribution in [3.63, 3.8) is 0 Å². The maximum atomic E-state index is 9.31. The molecule has 2 aliphatic rings. The van der Waals surface area contributed by atoms with Crippen molar-refractivity contribution < 1.29 is 9.84 Å². The van der Waals surface area contributed by atoms with Gasteiger partial charge in [-0.05, 0) is 51.4 Å². The Balaban J connectivity index is 1.81. The predicted octanol–water partition coefficient (Wildman–Crippen LogP) is 2.89. The zero-order valence-electron chi connectivity index (χ0n) is 9.87. The van der Waals surface area contributed by atoms with Gasteiger partial charge < -0.3 is 9.84 Å². The summed E-state index contributed by atoms with van der Waals surface area (Å²) in [5.41, 5.74) is 0.252. The molecule has 1 aliphatic heterocycles. The van der Waals surface area contributed by atoms with Crippen molar-refractivity contribution in [2.75, 3.05) is 6.61 Å². The largest absolute Gasteiger partial charge is 0.393 e. The van der Waals surface area contributed by atoms with E-state index >= 15 is 0 Å². The highest BCUT2D eigenvalue weighted by molar-refractivity contribution is 4.91. The van der Waals surface area contributed by atoms with Crippen molar-refractivity contribution in [1.82, 2.24) is 0 Å². The fourth-order valence-corrected chi connectivity index (χ4v) is 3.22. The molecule has 2 atom stereocenters. The van der Waals surface area contributed by atoms with E-state index in [0.29, 0.717) is 0 Å². The number of hydrogen-bond donors (Lipinski definition) is 1. The van der Waals surface area contributed by atoms with Crippen LogP contribution in [0.5, 0.6) is 0 Å². The van der Waals surface area contributed by atoms with Gasteiger partial charge in [0.15, 0.2) is 0 Å². The molecule has 1 aliphatic carbocycles. The molecule has 2 rings (SSSR count). The van der Waals surface area contributed by atoms with Crippen LogP contribution in [0.3, 0.4) is 0 Å². The van der Waals surface area contributed by atoms with Crippen LogP contribution in [0.25, 0.3) is 0 Å². The van der Waals surface area contributed by atoms with E-state index in [0.717, 1.165) is 18.9 Å². The summed E-state index contributed by atoms with van der Waals surface area (Å²) in [4.78, 5) is 0. The standard InChI is InChI=1S/C13H24O2/c1-11(14)4-5-12-6-9-15-13(10-12)7-2-3-8-13/h11-12,14H,2-10H2,1H3. The Kier molecular flexibility index (Phi) is 3.68. The van der Waals surface area contributed by atoms with E-state index in [2.05, 4.69) is 0 Å². The zero-order valence-corrected chi connectivity index (χ0v) is 9.87. The van der Waals surface area contributed by atoms with Crippen LogP contribution >= 0.6 is 0 Å². The summed E-state index contributed by atoms with van der Waals surface area (Å²) >= 11 is 0. The first kappa shape index (κ1) is 11.4. The summed E-state index contributed by atoms with van der Waals surface area (Å²) in [5, 5.41) is 9.31. The Morgan fingerprint density at radius 1 is 1.40 bits per heavy atom. The van der Waals surface area contributed by atoms with E-state index in [-0.39, 0.29) is 11.7 Å². The van der Waals surface area contributed by atoms with Crippen molar-refractivity contribution in [3.8, 4) is 0 Å². The van der Waals surface area contributed by atoms with Crippen molar-refractivity contribution in [2.45, 2.75) is 70.0 Å². The summed E-state index contributed by atoms with van der Waals surface area (Å²) in [7, 11) is 0. The molecule has 1 spiro atoms. The van der Waals surface area contributed by atoms with Crippen molar-refractivity contribution in [3.05, 3.63) is 0 Å². The Labute approximate surface area is 93.0 Å². The summed E-state index contributed by atoms with van der Waals surface area (Å²) in [6, 6.07) is 0. The van der Waals surface area contributed by atoms with E-state index in [1.165, 1.54) is 44.9 Å². The molecule has 15 heavy (non-hydrogen) atoms. The molecule has 1 N–H and O–H groups in total. The summed E-state index contributed by atoms with van der Waals surface area (Å²) in [6.07, 6.45) is 9.72. The van der Waals surface area contributed by atoms with Crippen LogP contribution in [0.2, 0.25) is 0 Å². The van der Waals surface area contributed by atoms with Gasteiger partial charge in [0.2, 0.25) is 0 Å². The molecular weight excluding hydrogens is 188 g/mol. The monoisotopic (exact) mass is 212 g/mol. The molecule has 0 bridgehead atoms. The SMILES string of the molecule is CC(O)CCC1CCOC2(CCCC2)C1. The number of hydrogen-bond acceptors (Lipinski definition) is 2. The van der Waals surface area contributed by atoms with E-state index < -0.39 is 0 Å². The quantitative estimate of drug-likeness (QED) is 0.779. The minimum Gasteiger partial charge on any atom is -0.393 e. The Hall–Kier alpha value is -0.0800. The maximum Gasteiger partial charge on any atom is 0.0685 e. The van der Waals surface area contributed by atoms with E-state index in [4.69, 9.17) is 4.74 Å². The second kappa shape index (κ2) is 4.84. The summed E-state index contributed by atoms with van der Waals surface area (Å²) in [6.45, 7) is 2.84. The number of ether oxygens (including phenoxy) is 1. The molecular formula is C13H24O2. The third kappa shape index (κ3) is 2.94. The molecule has 1 heterocycles. The lowest BCUT2D eigenvalue weighted by molar-refractivity contribution is -0.0947. The number of aliphatic hydroxyl groups is 1. The predicted molar refractivity (Wildman–Crippen MR) is 60.8 cm³/mol. The molecule has 1 saturated heterocycles. The molecule has 0 aromatic carbocycles. The molecule has 0 aromatic rings. The van der Waals surface area contributed by atoms with Crippen LogP contribution in [-0.4, -0.2) is 23.4 Å². The van der Waals surface area contributed by atoms with Crippen molar-refractivity contribution in [2.24, 2.45) is 5.92 Å². The van der Waals surface area contributed by atoms with E-state index in [9.17, 15) is 5.11 Å². The first-order valence-corrected chi connectivity index (χ1v) is 6.52. The van der Waals surface area contributed by atoms with Crippen molar-refractivity contribution >= 4 is 0 Å². The topological polar surface area (TPSA) is 29.5 Å². The minimum absolute atomic E-state index is 0.132. The van der Waals surface area contributed by atoms with Crippen LogP contribution in [0.4, 0.5) is 0 Å². The van der Waals surface area contributed by atoms with Gasteiger partial charge >= 0.3 is 0 Å². The second-order valence-corrected chi connectivity index (χ2v) is 5.52. The summed E-state index contributed by atoms with van der Waals surface area (Å²) < 4.78 is 6.00. The smallest absolute Gasteiger partial charge is 0.0685 e. The Morgan fingerprint density at radius 3 is 2.80 bits per heavy atom. The van der Waals surface area contributed by atoms with E-state index in [1.807, 2.05) is 6.92 Å². The Morgan fingerprint density at radius 2 is 2.13 bits per heavy atom. The third-order valence-corrected chi connectivity index (χ3v) is 4.10. The highest BCUT2D eigenvalue weighted by atomic mass is 16.5. The van der Waals surface area contributed by atoms with Crippen LogP contribution in [0.1, 0.15) is 58.3 Å². The van der Waals surface area contributed by atoms with Gasteiger partial charge in [-0.15, -0.1) is 0 Å². The lowest BCUT2D eigenvalue weighted by Gasteiger charge is -2.38. The van der Waals surface area contributed by atoms with Gasteiger partial charge in [0.05, 0.1) is 11.7 Å². The number of rotatable bonds is 3. The van der Waals surface area contributed by atoms with Crippen LogP contribution in [-0.2, 0) is 4.74 Å². The lowest BCUT2D eigenvalue weighted by atomic mass is 9.82. The van der Waals surface area contributed by atoms with Gasteiger partial charge in [-0.3, -0.25) is 0 Å². The highest BCUT2D eigenvalue weighted by Gasteiger charge is 2.39. The fraction of sp³-hybridized carbons (Fsp3) is 1.00. The highest BCUT2D eigenvalue weighted by Crippen LogP contribution is 2.43. The third-order valence-electron chi connectivity index (χ3n) is 4.10. The van der Waals surface area contributed by atoms with Gasteiger partial charge in [-0.2, -0.15) is 0 Å². The first-order valence-electron chi connectivity index (χ1n) is 6.52. The van der Waals surface area contributed by atoms with Gasteiger partial charge in [0, 0.05) is 6.61 Å². The average Bonchev–Trinajstić information content (AvgIpc) is 2.63.